The predicted molar refractivity (Wildman–Crippen MR) is 191 cm³/mol. The zero-order valence-corrected chi connectivity index (χ0v) is 30.5. The number of rotatable bonds is 13. The first kappa shape index (κ1) is 37.5. The molecule has 6 unspecified atom stereocenters. The third-order valence-corrected chi connectivity index (χ3v) is 14.9. The van der Waals surface area contributed by atoms with Gasteiger partial charge in [0, 0.05) is 12.1 Å². The third-order valence-electron chi connectivity index (χ3n) is 14.9. The number of amides is 1. The van der Waals surface area contributed by atoms with Gasteiger partial charge in [-0.05, 0) is 144 Å². The first-order valence-corrected chi connectivity index (χ1v) is 21.1. The van der Waals surface area contributed by atoms with Gasteiger partial charge in [-0.25, -0.2) is 4.89 Å². The number of nitrogens with one attached hydrogen (secondary N) is 2. The van der Waals surface area contributed by atoms with Gasteiger partial charge in [-0.1, -0.05) is 64.2 Å². The summed E-state index contributed by atoms with van der Waals surface area (Å²) in [4.78, 5) is 36.4. The summed E-state index contributed by atoms with van der Waals surface area (Å²) in [6, 6.07) is 0.637. The van der Waals surface area contributed by atoms with Crippen molar-refractivity contribution in [2.24, 2.45) is 59.2 Å². The van der Waals surface area contributed by atoms with Gasteiger partial charge in [0.2, 0.25) is 5.91 Å². The van der Waals surface area contributed by atoms with E-state index in [0.29, 0.717) is 49.3 Å². The van der Waals surface area contributed by atoms with Crippen molar-refractivity contribution in [2.45, 2.75) is 173 Å². The SMILES string of the molecule is O=C(O)C1CC(C2CCCCC2)CCC1C(=O)NC1CCC(CC2CCC(NOCC3CCC(C4CCCCC4)CC3COO)CC2)CC1. The topological polar surface area (TPSA) is 117 Å². The quantitative estimate of drug-likeness (QED) is 0.113. The third kappa shape index (κ3) is 10.7. The van der Waals surface area contributed by atoms with Gasteiger partial charge in [-0.2, -0.15) is 5.48 Å². The van der Waals surface area contributed by atoms with Crippen LogP contribution in [0.3, 0.4) is 0 Å². The lowest BCUT2D eigenvalue weighted by Gasteiger charge is -2.40. The predicted octanol–water partition coefficient (Wildman–Crippen LogP) is 8.93. The molecule has 280 valence electrons. The maximum Gasteiger partial charge on any atom is 0.307 e. The van der Waals surface area contributed by atoms with Crippen LogP contribution in [0.4, 0.5) is 0 Å². The molecule has 0 heterocycles. The van der Waals surface area contributed by atoms with Crippen LogP contribution in [0.5, 0.6) is 0 Å². The Bertz CT molecular complexity index is 998. The molecular weight excluding hydrogens is 616 g/mol. The standard InChI is InChI=1S/C41H70N2O6/c44-40(38-22-17-33(25-39(38)41(45)46)31-9-5-2-6-10-31)42-36-18-11-28(12-19-36)23-29-13-20-37(21-14-29)43-48-26-34-16-15-32(24-35(34)27-49-47)30-7-3-1-4-8-30/h28-39,43,47H,1-27H2,(H,42,44)(H,45,46). The summed E-state index contributed by atoms with van der Waals surface area (Å²) in [5.41, 5.74) is 3.43. The molecule has 0 spiro atoms. The van der Waals surface area contributed by atoms with E-state index in [1.165, 1.54) is 128 Å². The zero-order valence-electron chi connectivity index (χ0n) is 30.5. The van der Waals surface area contributed by atoms with Gasteiger partial charge in [0.05, 0.1) is 25.0 Å². The number of carbonyl (C=O) groups excluding carboxylic acids is 1. The fraction of sp³-hybridized carbons (Fsp3) is 0.951. The molecule has 8 heteroatoms. The van der Waals surface area contributed by atoms with Crippen LogP contribution in [-0.4, -0.2) is 47.5 Å². The highest BCUT2D eigenvalue weighted by Crippen LogP contribution is 2.44. The fourth-order valence-electron chi connectivity index (χ4n) is 11.9. The van der Waals surface area contributed by atoms with E-state index in [1.54, 1.807) is 0 Å². The van der Waals surface area contributed by atoms with Gasteiger partial charge in [-0.3, -0.25) is 14.8 Å². The second kappa shape index (κ2) is 19.0. The number of hydroxylamine groups is 1. The van der Waals surface area contributed by atoms with E-state index in [9.17, 15) is 20.0 Å². The minimum Gasteiger partial charge on any atom is -0.481 e. The molecule has 4 N–H and O–H groups in total. The molecule has 8 nitrogen and oxygen atoms in total. The molecule has 1 amide bonds. The summed E-state index contributed by atoms with van der Waals surface area (Å²) in [5.74, 6) is 3.55. The first-order valence-electron chi connectivity index (χ1n) is 21.1. The lowest BCUT2D eigenvalue weighted by molar-refractivity contribution is -0.258. The Kier molecular flexibility index (Phi) is 14.6. The number of carbonyl (C=O) groups is 2. The van der Waals surface area contributed by atoms with Crippen LogP contribution in [0.2, 0.25) is 0 Å². The molecule has 0 radical (unpaired) electrons. The van der Waals surface area contributed by atoms with Crippen molar-refractivity contribution < 1.29 is 29.7 Å². The number of hydrogen-bond donors (Lipinski definition) is 4. The van der Waals surface area contributed by atoms with Crippen LogP contribution < -0.4 is 10.8 Å². The summed E-state index contributed by atoms with van der Waals surface area (Å²) in [5, 5.41) is 22.7. The van der Waals surface area contributed by atoms with Gasteiger partial charge in [0.1, 0.15) is 0 Å². The lowest BCUT2D eigenvalue weighted by Crippen LogP contribution is -2.46. The molecule has 0 aliphatic heterocycles. The molecular formula is C41H70N2O6. The van der Waals surface area contributed by atoms with E-state index in [2.05, 4.69) is 15.7 Å². The molecule has 6 aliphatic carbocycles. The van der Waals surface area contributed by atoms with Crippen molar-refractivity contribution in [3.05, 3.63) is 0 Å². The Labute approximate surface area is 296 Å². The molecule has 49 heavy (non-hydrogen) atoms. The van der Waals surface area contributed by atoms with Crippen molar-refractivity contribution >= 4 is 11.9 Å². The van der Waals surface area contributed by atoms with Crippen molar-refractivity contribution in [3.63, 3.8) is 0 Å². The summed E-state index contributed by atoms with van der Waals surface area (Å²) < 4.78 is 0. The monoisotopic (exact) mass is 687 g/mol. The summed E-state index contributed by atoms with van der Waals surface area (Å²) in [6.07, 6.45) is 30.0. The highest BCUT2D eigenvalue weighted by atomic mass is 17.1. The maximum absolute atomic E-state index is 13.4. The van der Waals surface area contributed by atoms with Gasteiger partial charge >= 0.3 is 5.97 Å². The summed E-state index contributed by atoms with van der Waals surface area (Å²) in [7, 11) is 0. The molecule has 6 rings (SSSR count). The minimum atomic E-state index is -0.769. The zero-order chi connectivity index (χ0) is 34.0. The molecule has 0 aromatic heterocycles. The Hall–Kier alpha value is -1.22. The molecule has 6 fully saturated rings. The molecule has 6 atom stereocenters. The van der Waals surface area contributed by atoms with Crippen molar-refractivity contribution in [2.75, 3.05) is 13.2 Å². The Morgan fingerprint density at radius 1 is 0.551 bits per heavy atom. The van der Waals surface area contributed by atoms with Crippen LogP contribution in [0, 0.1) is 59.2 Å². The molecule has 0 saturated heterocycles. The second-order valence-corrected chi connectivity index (χ2v) is 17.9. The van der Waals surface area contributed by atoms with Gasteiger partial charge in [-0.15, -0.1) is 0 Å². The fourth-order valence-corrected chi connectivity index (χ4v) is 11.9. The van der Waals surface area contributed by atoms with Crippen LogP contribution >= 0.6 is 0 Å². The Balaban J connectivity index is 0.844. The highest BCUT2D eigenvalue weighted by Gasteiger charge is 2.42. The Morgan fingerprint density at radius 3 is 1.71 bits per heavy atom. The van der Waals surface area contributed by atoms with Gasteiger partial charge in [0.15, 0.2) is 0 Å². The molecule has 6 saturated carbocycles. The summed E-state index contributed by atoms with van der Waals surface area (Å²) >= 11 is 0. The number of carboxylic acid groups (broad SMARTS) is 1. The number of carboxylic acids is 1. The normalized spacial score (nSPS) is 38.6. The van der Waals surface area contributed by atoms with Crippen molar-refractivity contribution in [1.82, 2.24) is 10.8 Å². The van der Waals surface area contributed by atoms with Gasteiger partial charge < -0.3 is 15.3 Å². The number of hydrogen-bond acceptors (Lipinski definition) is 6. The minimum absolute atomic E-state index is 0.00960. The summed E-state index contributed by atoms with van der Waals surface area (Å²) in [6.45, 7) is 1.15. The first-order chi connectivity index (χ1) is 24.0. The number of aliphatic carboxylic acids is 1. The molecule has 6 aliphatic rings. The van der Waals surface area contributed by atoms with Crippen molar-refractivity contribution in [1.29, 1.82) is 0 Å². The van der Waals surface area contributed by atoms with Crippen LogP contribution in [0.25, 0.3) is 0 Å². The van der Waals surface area contributed by atoms with Crippen LogP contribution in [-0.2, 0) is 19.3 Å². The largest absolute Gasteiger partial charge is 0.481 e. The van der Waals surface area contributed by atoms with E-state index < -0.39 is 11.9 Å². The van der Waals surface area contributed by atoms with Crippen molar-refractivity contribution in [3.8, 4) is 0 Å². The molecule has 0 aromatic carbocycles. The van der Waals surface area contributed by atoms with E-state index in [0.717, 1.165) is 49.4 Å². The van der Waals surface area contributed by atoms with E-state index in [4.69, 9.17) is 4.84 Å². The maximum atomic E-state index is 13.4. The van der Waals surface area contributed by atoms with E-state index >= 15 is 0 Å². The Morgan fingerprint density at radius 2 is 1.12 bits per heavy atom. The average molecular weight is 687 g/mol. The average Bonchev–Trinajstić information content (AvgIpc) is 3.14. The highest BCUT2D eigenvalue weighted by molar-refractivity contribution is 5.85. The molecule has 0 bridgehead atoms. The van der Waals surface area contributed by atoms with Crippen LogP contribution in [0.15, 0.2) is 0 Å². The second-order valence-electron chi connectivity index (χ2n) is 17.9. The van der Waals surface area contributed by atoms with Gasteiger partial charge in [0.25, 0.3) is 0 Å². The van der Waals surface area contributed by atoms with E-state index in [-0.39, 0.29) is 17.9 Å². The van der Waals surface area contributed by atoms with E-state index in [1.807, 2.05) is 0 Å². The molecule has 0 aromatic rings. The smallest absolute Gasteiger partial charge is 0.307 e. The van der Waals surface area contributed by atoms with Crippen LogP contribution in [0.1, 0.15) is 161 Å². The lowest BCUT2D eigenvalue weighted by atomic mass is 9.66.